The van der Waals surface area contributed by atoms with Gasteiger partial charge in [0.2, 0.25) is 0 Å². The first-order valence-electron chi connectivity index (χ1n) is 31.5. The maximum absolute atomic E-state index is 10.5. The molecule has 0 spiro atoms. The standard InChI is InChI=1S/4C20H28O2/c4*1-15(8-6-9-16(2)14-19(21)22)11-12-18-17(3)10-7-13-20(18,4)5/h4*6,8-9,11-12,14H,7,10,13H2,1-5H3,(H,21,22)/b9-6+,12-11+,15-8+,16-14+;9-6+,12-11+,15-8+,16-14-;9-6+,12-11+,15-8-,16-14-;9-6-,12-11+,15-8+,16-14-. The van der Waals surface area contributed by atoms with Crippen LogP contribution in [0.4, 0.5) is 0 Å². The second-order valence-corrected chi connectivity index (χ2v) is 27.0. The van der Waals surface area contributed by atoms with Gasteiger partial charge in [-0.05, 0) is 226 Å². The molecule has 4 N–H and O–H groups in total. The van der Waals surface area contributed by atoms with Gasteiger partial charge in [-0.25, -0.2) is 19.2 Å². The van der Waals surface area contributed by atoms with Crippen molar-refractivity contribution < 1.29 is 39.6 Å². The van der Waals surface area contributed by atoms with Crippen LogP contribution >= 0.6 is 0 Å². The summed E-state index contributed by atoms with van der Waals surface area (Å²) in [4.78, 5) is 42.1. The number of allylic oxidation sites excluding steroid dienone is 36. The van der Waals surface area contributed by atoms with Crippen LogP contribution in [-0.4, -0.2) is 44.3 Å². The fourth-order valence-electron chi connectivity index (χ4n) is 11.5. The van der Waals surface area contributed by atoms with Crippen LogP contribution in [-0.2, 0) is 19.2 Å². The fraction of sp³-hybridized carbons (Fsp3) is 0.450. The third-order valence-corrected chi connectivity index (χ3v) is 16.5. The molecule has 0 amide bonds. The molecule has 0 aromatic rings. The first kappa shape index (κ1) is 78.7. The van der Waals surface area contributed by atoms with Crippen LogP contribution in [0.3, 0.4) is 0 Å². The van der Waals surface area contributed by atoms with Crippen molar-refractivity contribution >= 4 is 23.9 Å². The van der Waals surface area contributed by atoms with Gasteiger partial charge >= 0.3 is 23.9 Å². The smallest absolute Gasteiger partial charge is 0.328 e. The van der Waals surface area contributed by atoms with E-state index in [-0.39, 0.29) is 21.7 Å². The molecule has 480 valence electrons. The molecule has 0 saturated carbocycles. The molecule has 0 unspecified atom stereocenters. The van der Waals surface area contributed by atoms with Gasteiger partial charge in [-0.1, -0.05) is 221 Å². The Morgan fingerprint density at radius 2 is 0.466 bits per heavy atom. The normalized spacial score (nSPS) is 20.2. The highest BCUT2D eigenvalue weighted by atomic mass is 16.4. The van der Waals surface area contributed by atoms with Gasteiger partial charge in [-0.2, -0.15) is 0 Å². The molecule has 4 aliphatic carbocycles. The highest BCUT2D eigenvalue weighted by Crippen LogP contribution is 2.44. The molecule has 4 aliphatic rings. The number of carboxylic acid groups (broad SMARTS) is 4. The van der Waals surface area contributed by atoms with Gasteiger partial charge < -0.3 is 20.4 Å². The largest absolute Gasteiger partial charge is 0.478 e. The molecule has 0 aromatic carbocycles. The van der Waals surface area contributed by atoms with Crippen molar-refractivity contribution in [2.45, 2.75) is 216 Å². The van der Waals surface area contributed by atoms with Crippen LogP contribution < -0.4 is 0 Å². The zero-order valence-corrected chi connectivity index (χ0v) is 57.8. The summed E-state index contributed by atoms with van der Waals surface area (Å²) in [5.74, 6) is -3.65. The Bertz CT molecular complexity index is 2680. The van der Waals surface area contributed by atoms with E-state index in [1.165, 1.54) is 146 Å². The summed E-state index contributed by atoms with van der Waals surface area (Å²) in [6.07, 6.45) is 60.0. The van der Waals surface area contributed by atoms with E-state index in [2.05, 4.69) is 159 Å². The minimum atomic E-state index is -0.912. The van der Waals surface area contributed by atoms with Gasteiger partial charge in [0.25, 0.3) is 0 Å². The maximum atomic E-state index is 10.5. The van der Waals surface area contributed by atoms with E-state index in [0.29, 0.717) is 0 Å². The zero-order chi connectivity index (χ0) is 67.0. The Hall–Kier alpha value is -7.32. The van der Waals surface area contributed by atoms with Gasteiger partial charge in [0.05, 0.1) is 0 Å². The number of rotatable bonds is 20. The number of carboxylic acids is 4. The van der Waals surface area contributed by atoms with Crippen molar-refractivity contribution in [1.29, 1.82) is 0 Å². The number of aliphatic carboxylic acids is 4. The Kier molecular flexibility index (Phi) is 34.7. The summed E-state index contributed by atoms with van der Waals surface area (Å²) < 4.78 is 0. The Balaban J connectivity index is 0.000000587. The summed E-state index contributed by atoms with van der Waals surface area (Å²) in [7, 11) is 0. The highest BCUT2D eigenvalue weighted by molar-refractivity contribution is 5.82. The number of hydrogen-bond donors (Lipinski definition) is 4. The van der Waals surface area contributed by atoms with Crippen molar-refractivity contribution in [2.75, 3.05) is 0 Å². The number of carbonyl (C=O) groups is 4. The van der Waals surface area contributed by atoms with E-state index in [1.807, 2.05) is 48.6 Å². The van der Waals surface area contributed by atoms with E-state index in [0.717, 1.165) is 44.6 Å². The predicted octanol–water partition coefficient (Wildman–Crippen LogP) is 22.4. The van der Waals surface area contributed by atoms with Crippen molar-refractivity contribution in [3.63, 3.8) is 0 Å². The molecule has 0 radical (unpaired) electrons. The van der Waals surface area contributed by atoms with Crippen molar-refractivity contribution in [2.24, 2.45) is 21.7 Å². The molecule has 0 fully saturated rings. The minimum absolute atomic E-state index is 0.260. The van der Waals surface area contributed by atoms with E-state index in [1.54, 1.807) is 52.0 Å². The van der Waals surface area contributed by atoms with E-state index >= 15 is 0 Å². The third kappa shape index (κ3) is 32.6. The van der Waals surface area contributed by atoms with E-state index in [4.69, 9.17) is 20.4 Å². The lowest BCUT2D eigenvalue weighted by atomic mass is 9.72. The summed E-state index contributed by atoms with van der Waals surface area (Å²) in [6.45, 7) is 42.8. The van der Waals surface area contributed by atoms with Crippen LogP contribution in [0.25, 0.3) is 0 Å². The van der Waals surface area contributed by atoms with Gasteiger partial charge in [-0.3, -0.25) is 0 Å². The highest BCUT2D eigenvalue weighted by Gasteiger charge is 2.29. The van der Waals surface area contributed by atoms with Gasteiger partial charge in [0.1, 0.15) is 0 Å². The van der Waals surface area contributed by atoms with Crippen LogP contribution in [0, 0.1) is 21.7 Å². The fourth-order valence-corrected chi connectivity index (χ4v) is 11.5. The lowest BCUT2D eigenvalue weighted by Gasteiger charge is -2.33. The molecule has 0 atom stereocenters. The number of hydrogen-bond acceptors (Lipinski definition) is 4. The van der Waals surface area contributed by atoms with Gasteiger partial charge in [0.15, 0.2) is 0 Å². The first-order valence-corrected chi connectivity index (χ1v) is 31.5. The molecule has 0 aromatic heterocycles. The van der Waals surface area contributed by atoms with Gasteiger partial charge in [0, 0.05) is 24.3 Å². The van der Waals surface area contributed by atoms with E-state index < -0.39 is 23.9 Å². The Labute approximate surface area is 533 Å². The molecule has 0 bridgehead atoms. The molecular formula is C80H112O8. The average molecular weight is 1200 g/mol. The minimum Gasteiger partial charge on any atom is -0.478 e. The van der Waals surface area contributed by atoms with Crippen molar-refractivity contribution in [3.05, 3.63) is 235 Å². The van der Waals surface area contributed by atoms with Crippen molar-refractivity contribution in [3.8, 4) is 0 Å². The second-order valence-electron chi connectivity index (χ2n) is 27.0. The molecular weight excluding hydrogens is 1090 g/mol. The Morgan fingerprint density at radius 1 is 0.295 bits per heavy atom. The zero-order valence-electron chi connectivity index (χ0n) is 57.8. The monoisotopic (exact) mass is 1200 g/mol. The third-order valence-electron chi connectivity index (χ3n) is 16.5. The summed E-state index contributed by atoms with van der Waals surface area (Å²) in [6, 6.07) is 0. The molecule has 4 rings (SSSR count). The molecule has 88 heavy (non-hydrogen) atoms. The van der Waals surface area contributed by atoms with Gasteiger partial charge in [-0.15, -0.1) is 0 Å². The molecule has 8 nitrogen and oxygen atoms in total. The topological polar surface area (TPSA) is 149 Å². The van der Waals surface area contributed by atoms with Crippen LogP contribution in [0.2, 0.25) is 0 Å². The Morgan fingerprint density at radius 3 is 0.614 bits per heavy atom. The van der Waals surface area contributed by atoms with Crippen LogP contribution in [0.1, 0.15) is 216 Å². The summed E-state index contributed by atoms with van der Waals surface area (Å²) in [5.41, 5.74) is 20.4. The quantitative estimate of drug-likeness (QED) is 0.0695. The van der Waals surface area contributed by atoms with E-state index in [9.17, 15) is 19.2 Å². The van der Waals surface area contributed by atoms with Crippen LogP contribution in [0.15, 0.2) is 235 Å². The molecule has 8 heteroatoms. The summed E-state index contributed by atoms with van der Waals surface area (Å²) >= 11 is 0. The van der Waals surface area contributed by atoms with Crippen molar-refractivity contribution in [1.82, 2.24) is 0 Å². The lowest BCUT2D eigenvalue weighted by molar-refractivity contribution is -0.132. The maximum Gasteiger partial charge on any atom is 0.328 e. The van der Waals surface area contributed by atoms with Crippen LogP contribution in [0.5, 0.6) is 0 Å². The second kappa shape index (κ2) is 38.8. The average Bonchev–Trinajstić information content (AvgIpc) is 2.38. The lowest BCUT2D eigenvalue weighted by Crippen LogP contribution is -2.19. The SMILES string of the molecule is CC1=C(/C=C/C(C)=C/C=C/C(C)=C/C(=O)O)C(C)(C)CCC1.CC1=C(/C=C/C(C)=C/C=C/C(C)=C\C(=O)O)C(C)(C)CCC1.CC1=C(/C=C/C(C)=C/C=C\C(C)=C/C(=O)O)C(C)(C)CCC1.CC1=C(/C=C/C(C)=C\C=C\C(C)=C/C(=O)O)C(C)(C)CCC1. The molecule has 0 heterocycles. The summed E-state index contributed by atoms with van der Waals surface area (Å²) in [5, 5.41) is 34.6. The first-order chi connectivity index (χ1) is 40.9. The molecule has 0 aliphatic heterocycles. The predicted molar refractivity (Wildman–Crippen MR) is 375 cm³/mol. The molecule has 0 saturated heterocycles.